The fourth-order valence-corrected chi connectivity index (χ4v) is 2.83. The first-order valence-corrected chi connectivity index (χ1v) is 6.92. The van der Waals surface area contributed by atoms with Gasteiger partial charge in [0, 0.05) is 21.6 Å². The van der Waals surface area contributed by atoms with Gasteiger partial charge in [0.05, 0.1) is 21.8 Å². The van der Waals surface area contributed by atoms with Gasteiger partial charge in [-0.25, -0.2) is 0 Å². The molecule has 1 aromatic carbocycles. The number of halogens is 2. The molecular weight excluding hydrogens is 328 g/mol. The summed E-state index contributed by atoms with van der Waals surface area (Å²) in [5, 5.41) is 5.54. The lowest BCUT2D eigenvalue weighted by Gasteiger charge is -2.07. The van der Waals surface area contributed by atoms with Gasteiger partial charge in [0.15, 0.2) is 0 Å². The van der Waals surface area contributed by atoms with E-state index >= 15 is 0 Å². The maximum atomic E-state index is 6.52. The summed E-state index contributed by atoms with van der Waals surface area (Å²) >= 11 is 9.97. The van der Waals surface area contributed by atoms with Gasteiger partial charge >= 0.3 is 0 Å². The second-order valence-electron chi connectivity index (χ2n) is 4.35. The molecule has 0 atom stereocenters. The Bertz CT molecular complexity index is 763. The molecule has 0 spiro atoms. The van der Waals surface area contributed by atoms with E-state index in [9.17, 15) is 0 Å². The van der Waals surface area contributed by atoms with Gasteiger partial charge in [0.25, 0.3) is 0 Å². The third-order valence-corrected chi connectivity index (χ3v) is 3.97. The van der Waals surface area contributed by atoms with Crippen LogP contribution in [0.5, 0.6) is 0 Å². The number of rotatable bonds is 1. The highest BCUT2D eigenvalue weighted by Crippen LogP contribution is 2.37. The molecule has 0 N–H and O–H groups in total. The van der Waals surface area contributed by atoms with Crippen LogP contribution in [0, 0.1) is 13.8 Å². The molecular formula is C14H10BrClN2O. The van der Waals surface area contributed by atoms with Crippen molar-refractivity contribution >= 4 is 38.4 Å². The first-order valence-electron chi connectivity index (χ1n) is 5.75. The van der Waals surface area contributed by atoms with Crippen LogP contribution in [0.4, 0.5) is 0 Å². The summed E-state index contributed by atoms with van der Waals surface area (Å²) in [5.41, 5.74) is 3.45. The van der Waals surface area contributed by atoms with E-state index in [2.05, 4.69) is 26.1 Å². The Labute approximate surface area is 123 Å². The second-order valence-corrected chi connectivity index (χ2v) is 5.64. The van der Waals surface area contributed by atoms with Crippen LogP contribution in [0.3, 0.4) is 0 Å². The van der Waals surface area contributed by atoms with Crippen molar-refractivity contribution in [3.63, 3.8) is 0 Å². The predicted octanol–water partition coefficient (Wildman–Crippen LogP) is 4.92. The zero-order valence-corrected chi connectivity index (χ0v) is 12.7. The summed E-state index contributed by atoms with van der Waals surface area (Å²) in [6.45, 7) is 3.77. The number of fused-ring (bicyclic) bond motifs is 1. The second kappa shape index (κ2) is 4.62. The Kier molecular flexibility index (Phi) is 3.07. The lowest BCUT2D eigenvalue weighted by atomic mass is 10.0. The fraction of sp³-hybridized carbons (Fsp3) is 0.143. The van der Waals surface area contributed by atoms with Crippen LogP contribution in [0.2, 0.25) is 5.02 Å². The first kappa shape index (κ1) is 12.6. The molecule has 0 unspecified atom stereocenters. The minimum atomic E-state index is 0.667. The monoisotopic (exact) mass is 336 g/mol. The van der Waals surface area contributed by atoms with Crippen molar-refractivity contribution < 1.29 is 4.52 Å². The number of benzene rings is 1. The summed E-state index contributed by atoms with van der Waals surface area (Å²) in [4.78, 5) is 4.45. The van der Waals surface area contributed by atoms with Crippen molar-refractivity contribution in [3.8, 4) is 11.1 Å². The highest BCUT2D eigenvalue weighted by atomic mass is 79.9. The Morgan fingerprint density at radius 1 is 1.26 bits per heavy atom. The van der Waals surface area contributed by atoms with Crippen LogP contribution in [0.15, 0.2) is 33.4 Å². The number of aryl methyl sites for hydroxylation is 2. The summed E-state index contributed by atoms with van der Waals surface area (Å²) in [6, 6.07) is 5.84. The molecule has 3 rings (SSSR count). The van der Waals surface area contributed by atoms with E-state index in [1.54, 1.807) is 6.20 Å². The first-order chi connectivity index (χ1) is 9.08. The number of pyridine rings is 1. The van der Waals surface area contributed by atoms with Gasteiger partial charge in [-0.2, -0.15) is 0 Å². The maximum Gasteiger partial charge on any atom is 0.141 e. The zero-order valence-electron chi connectivity index (χ0n) is 10.4. The van der Waals surface area contributed by atoms with Crippen LogP contribution in [-0.4, -0.2) is 10.1 Å². The number of nitrogens with zero attached hydrogens (tertiary/aromatic N) is 2. The maximum absolute atomic E-state index is 6.52. The average Bonchev–Trinajstić information content (AvgIpc) is 2.71. The Balaban J connectivity index is 2.34. The van der Waals surface area contributed by atoms with Crippen LogP contribution >= 0.6 is 27.5 Å². The van der Waals surface area contributed by atoms with Crippen molar-refractivity contribution in [3.05, 3.63) is 45.3 Å². The molecule has 0 aliphatic carbocycles. The third-order valence-electron chi connectivity index (χ3n) is 3.07. The van der Waals surface area contributed by atoms with Crippen LogP contribution < -0.4 is 0 Å². The standard InChI is InChI=1S/C14H10BrClN2O/c1-7-13(8(2)19-18-7)11-6-17-12-4-3-9(15)5-10(12)14(11)16/h3-6H,1-2H3. The van der Waals surface area contributed by atoms with Crippen molar-refractivity contribution in [2.75, 3.05) is 0 Å². The molecule has 0 amide bonds. The third kappa shape index (κ3) is 2.05. The van der Waals surface area contributed by atoms with Crippen molar-refractivity contribution in [1.82, 2.24) is 10.1 Å². The van der Waals surface area contributed by atoms with Crippen molar-refractivity contribution in [1.29, 1.82) is 0 Å². The molecule has 2 aromatic heterocycles. The minimum Gasteiger partial charge on any atom is -0.361 e. The molecule has 0 aliphatic heterocycles. The predicted molar refractivity (Wildman–Crippen MR) is 79.4 cm³/mol. The molecule has 0 saturated carbocycles. The van der Waals surface area contributed by atoms with Gasteiger partial charge in [-0.15, -0.1) is 0 Å². The molecule has 0 saturated heterocycles. The number of aromatic nitrogens is 2. The Morgan fingerprint density at radius 2 is 2.05 bits per heavy atom. The molecule has 5 heteroatoms. The average molecular weight is 338 g/mol. The van der Waals surface area contributed by atoms with Gasteiger partial charge < -0.3 is 4.52 Å². The lowest BCUT2D eigenvalue weighted by Crippen LogP contribution is -1.88. The van der Waals surface area contributed by atoms with Gasteiger partial charge in [0.2, 0.25) is 0 Å². The quantitative estimate of drug-likeness (QED) is 0.632. The van der Waals surface area contributed by atoms with E-state index in [-0.39, 0.29) is 0 Å². The van der Waals surface area contributed by atoms with Crippen LogP contribution in [-0.2, 0) is 0 Å². The van der Waals surface area contributed by atoms with E-state index in [1.165, 1.54) is 0 Å². The lowest BCUT2D eigenvalue weighted by molar-refractivity contribution is 0.393. The van der Waals surface area contributed by atoms with Gasteiger partial charge in [0.1, 0.15) is 5.76 Å². The van der Waals surface area contributed by atoms with Gasteiger partial charge in [-0.3, -0.25) is 4.98 Å². The van der Waals surface area contributed by atoms with E-state index in [1.807, 2.05) is 32.0 Å². The number of hydrogen-bond acceptors (Lipinski definition) is 3. The summed E-state index contributed by atoms with van der Waals surface area (Å²) < 4.78 is 6.17. The van der Waals surface area contributed by atoms with E-state index in [0.29, 0.717) is 5.02 Å². The summed E-state index contributed by atoms with van der Waals surface area (Å²) in [7, 11) is 0. The molecule has 19 heavy (non-hydrogen) atoms. The van der Waals surface area contributed by atoms with E-state index in [0.717, 1.165) is 38.0 Å². The SMILES string of the molecule is Cc1noc(C)c1-c1cnc2ccc(Br)cc2c1Cl. The fourth-order valence-electron chi connectivity index (χ4n) is 2.17. The van der Waals surface area contributed by atoms with Crippen molar-refractivity contribution in [2.45, 2.75) is 13.8 Å². The normalized spacial score (nSPS) is 11.2. The summed E-state index contributed by atoms with van der Waals surface area (Å²) in [6.07, 6.45) is 1.77. The van der Waals surface area contributed by atoms with Gasteiger partial charge in [-0.05, 0) is 32.0 Å². The van der Waals surface area contributed by atoms with Gasteiger partial charge in [-0.1, -0.05) is 32.7 Å². The molecule has 3 aromatic rings. The minimum absolute atomic E-state index is 0.667. The van der Waals surface area contributed by atoms with Crippen molar-refractivity contribution in [2.24, 2.45) is 0 Å². The number of hydrogen-bond donors (Lipinski definition) is 0. The van der Waals surface area contributed by atoms with Crippen LogP contribution in [0.1, 0.15) is 11.5 Å². The molecule has 2 heterocycles. The highest BCUT2D eigenvalue weighted by molar-refractivity contribution is 9.10. The molecule has 3 nitrogen and oxygen atoms in total. The highest BCUT2D eigenvalue weighted by Gasteiger charge is 2.16. The summed E-state index contributed by atoms with van der Waals surface area (Å²) in [5.74, 6) is 0.746. The molecule has 96 valence electrons. The van der Waals surface area contributed by atoms with Crippen LogP contribution in [0.25, 0.3) is 22.0 Å². The molecule has 0 bridgehead atoms. The molecule has 0 fully saturated rings. The molecule has 0 radical (unpaired) electrons. The van der Waals surface area contributed by atoms with E-state index < -0.39 is 0 Å². The largest absolute Gasteiger partial charge is 0.361 e. The zero-order chi connectivity index (χ0) is 13.6. The Morgan fingerprint density at radius 3 is 2.74 bits per heavy atom. The topological polar surface area (TPSA) is 38.9 Å². The molecule has 0 aliphatic rings. The van der Waals surface area contributed by atoms with E-state index in [4.69, 9.17) is 16.1 Å². The smallest absolute Gasteiger partial charge is 0.141 e. The Hall–Kier alpha value is -1.39.